The van der Waals surface area contributed by atoms with E-state index in [-0.39, 0.29) is 18.3 Å². The Morgan fingerprint density at radius 2 is 2.12 bits per heavy atom. The van der Waals surface area contributed by atoms with Crippen LogP contribution in [0.1, 0.15) is 37.1 Å². The maximum atomic E-state index is 12.2. The molecule has 0 radical (unpaired) electrons. The van der Waals surface area contributed by atoms with Gasteiger partial charge >= 0.3 is 0 Å². The number of hydrogen-bond donors (Lipinski definition) is 1. The smallest absolute Gasteiger partial charge is 0.231 e. The molecule has 6 heteroatoms. The minimum Gasteiger partial charge on any atom is -0.369 e. The summed E-state index contributed by atoms with van der Waals surface area (Å²) >= 11 is 0. The molecule has 1 aliphatic rings. The summed E-state index contributed by atoms with van der Waals surface area (Å²) in [5, 5.41) is 4.61. The maximum Gasteiger partial charge on any atom is 0.231 e. The SMILES string of the molecule is CC#Cc1cccc(-n2cc([C@]3(C)CC(=O)N(C)C(N)=N3)c(C)n2)c1. The van der Waals surface area contributed by atoms with Crippen LogP contribution in [0.3, 0.4) is 0 Å². The number of hydrogen-bond acceptors (Lipinski definition) is 4. The predicted molar refractivity (Wildman–Crippen MR) is 97.2 cm³/mol. The van der Waals surface area contributed by atoms with Crippen molar-refractivity contribution in [3.8, 4) is 17.5 Å². The number of aromatic nitrogens is 2. The second-order valence-electron chi connectivity index (χ2n) is 6.37. The van der Waals surface area contributed by atoms with Crippen molar-refractivity contribution >= 4 is 11.9 Å². The van der Waals surface area contributed by atoms with Gasteiger partial charge in [-0.25, -0.2) is 9.67 Å². The monoisotopic (exact) mass is 335 g/mol. The molecule has 2 N–H and O–H groups in total. The Labute approximate surface area is 147 Å². The fraction of sp³-hybridized carbons (Fsp3) is 0.316. The average molecular weight is 335 g/mol. The zero-order valence-corrected chi connectivity index (χ0v) is 14.9. The van der Waals surface area contributed by atoms with Crippen LogP contribution in [0.5, 0.6) is 0 Å². The largest absolute Gasteiger partial charge is 0.369 e. The van der Waals surface area contributed by atoms with Gasteiger partial charge in [0.15, 0.2) is 5.96 Å². The molecule has 0 bridgehead atoms. The quantitative estimate of drug-likeness (QED) is 0.852. The fourth-order valence-electron chi connectivity index (χ4n) is 3.06. The summed E-state index contributed by atoms with van der Waals surface area (Å²) in [6.07, 6.45) is 2.18. The van der Waals surface area contributed by atoms with Crippen molar-refractivity contribution in [1.82, 2.24) is 14.7 Å². The van der Waals surface area contributed by atoms with E-state index in [1.54, 1.807) is 11.7 Å². The van der Waals surface area contributed by atoms with Crippen LogP contribution in [-0.2, 0) is 10.3 Å². The number of carbonyl (C=O) groups is 1. The molecular formula is C19H21N5O. The average Bonchev–Trinajstić information content (AvgIpc) is 2.96. The van der Waals surface area contributed by atoms with Gasteiger partial charge in [-0.3, -0.25) is 9.69 Å². The Bertz CT molecular complexity index is 931. The Hall–Kier alpha value is -3.07. The molecule has 1 atom stereocenters. The Morgan fingerprint density at radius 3 is 2.80 bits per heavy atom. The molecule has 2 aromatic rings. The zero-order valence-electron chi connectivity index (χ0n) is 14.9. The standard InChI is InChI=1S/C19H21N5O/c1-5-7-14-8-6-9-15(10-14)24-12-16(13(2)22-24)19(3)11-17(25)23(4)18(20)21-19/h6,8-10,12H,11H2,1-4H3,(H2,20,21)/t19-/m0/s1. The lowest BCUT2D eigenvalue weighted by atomic mass is 9.88. The van der Waals surface area contributed by atoms with Crippen LogP contribution in [0.15, 0.2) is 35.5 Å². The van der Waals surface area contributed by atoms with Gasteiger partial charge in [0.2, 0.25) is 5.91 Å². The summed E-state index contributed by atoms with van der Waals surface area (Å²) in [5.41, 5.74) is 8.76. The molecule has 0 fully saturated rings. The summed E-state index contributed by atoms with van der Waals surface area (Å²) in [4.78, 5) is 18.2. The van der Waals surface area contributed by atoms with Crippen LogP contribution >= 0.6 is 0 Å². The molecule has 0 saturated carbocycles. The first-order chi connectivity index (χ1) is 11.8. The molecule has 3 rings (SSSR count). The number of amides is 1. The normalized spacial score (nSPS) is 20.1. The topological polar surface area (TPSA) is 76.5 Å². The molecule has 1 aromatic carbocycles. The van der Waals surface area contributed by atoms with Crippen molar-refractivity contribution in [2.45, 2.75) is 32.7 Å². The van der Waals surface area contributed by atoms with Crippen molar-refractivity contribution in [3.05, 3.63) is 47.3 Å². The minimum absolute atomic E-state index is 0.0534. The van der Waals surface area contributed by atoms with Crippen LogP contribution in [0.25, 0.3) is 5.69 Å². The molecule has 1 aliphatic heterocycles. The first-order valence-corrected chi connectivity index (χ1v) is 8.06. The van der Waals surface area contributed by atoms with Crippen LogP contribution < -0.4 is 5.73 Å². The number of benzene rings is 1. The Kier molecular flexibility index (Phi) is 4.09. The van der Waals surface area contributed by atoms with Gasteiger partial charge in [0.1, 0.15) is 0 Å². The van der Waals surface area contributed by atoms with Crippen molar-refractivity contribution in [2.75, 3.05) is 7.05 Å². The highest BCUT2D eigenvalue weighted by Gasteiger charge is 2.38. The van der Waals surface area contributed by atoms with E-state index >= 15 is 0 Å². The van der Waals surface area contributed by atoms with E-state index in [1.807, 2.05) is 51.2 Å². The molecule has 0 saturated heterocycles. The molecule has 128 valence electrons. The van der Waals surface area contributed by atoms with Gasteiger partial charge in [-0.1, -0.05) is 12.0 Å². The predicted octanol–water partition coefficient (Wildman–Crippen LogP) is 1.94. The van der Waals surface area contributed by atoms with Crippen LogP contribution in [-0.4, -0.2) is 33.6 Å². The van der Waals surface area contributed by atoms with E-state index in [0.29, 0.717) is 0 Å². The van der Waals surface area contributed by atoms with Gasteiger partial charge in [-0.05, 0) is 39.0 Å². The van der Waals surface area contributed by atoms with Crippen LogP contribution in [0.4, 0.5) is 0 Å². The van der Waals surface area contributed by atoms with Gasteiger partial charge in [0.05, 0.1) is 23.3 Å². The van der Waals surface area contributed by atoms with E-state index in [1.165, 1.54) is 4.90 Å². The van der Waals surface area contributed by atoms with Gasteiger partial charge < -0.3 is 5.73 Å². The van der Waals surface area contributed by atoms with Gasteiger partial charge in [0, 0.05) is 24.4 Å². The summed E-state index contributed by atoms with van der Waals surface area (Å²) in [7, 11) is 1.64. The lowest BCUT2D eigenvalue weighted by Gasteiger charge is -2.33. The second-order valence-corrected chi connectivity index (χ2v) is 6.37. The number of nitrogens with two attached hydrogens (primary N) is 1. The number of guanidine groups is 1. The summed E-state index contributed by atoms with van der Waals surface area (Å²) in [5.74, 6) is 6.12. The second kappa shape index (κ2) is 6.10. The molecule has 2 heterocycles. The first kappa shape index (κ1) is 16.8. The van der Waals surface area contributed by atoms with Crippen LogP contribution in [0, 0.1) is 18.8 Å². The van der Waals surface area contributed by atoms with E-state index < -0.39 is 5.54 Å². The third-order valence-corrected chi connectivity index (χ3v) is 4.43. The van der Waals surface area contributed by atoms with Crippen molar-refractivity contribution in [3.63, 3.8) is 0 Å². The summed E-state index contributed by atoms with van der Waals surface area (Å²) in [6, 6.07) is 7.85. The van der Waals surface area contributed by atoms with Crippen molar-refractivity contribution in [1.29, 1.82) is 0 Å². The highest BCUT2D eigenvalue weighted by Crippen LogP contribution is 2.34. The number of aryl methyl sites for hydroxylation is 1. The molecule has 6 nitrogen and oxygen atoms in total. The molecule has 0 unspecified atom stereocenters. The Balaban J connectivity index is 2.05. The molecule has 0 aliphatic carbocycles. The van der Waals surface area contributed by atoms with Crippen LogP contribution in [0.2, 0.25) is 0 Å². The number of carbonyl (C=O) groups excluding carboxylic acids is 1. The van der Waals surface area contributed by atoms with Gasteiger partial charge in [0.25, 0.3) is 0 Å². The molecule has 1 amide bonds. The van der Waals surface area contributed by atoms with Gasteiger partial charge in [-0.15, -0.1) is 5.92 Å². The van der Waals surface area contributed by atoms with Crippen molar-refractivity contribution < 1.29 is 4.79 Å². The molecule has 0 spiro atoms. The third-order valence-electron chi connectivity index (χ3n) is 4.43. The minimum atomic E-state index is -0.711. The Morgan fingerprint density at radius 1 is 1.36 bits per heavy atom. The molecular weight excluding hydrogens is 314 g/mol. The number of nitrogens with zero attached hydrogens (tertiary/aromatic N) is 4. The first-order valence-electron chi connectivity index (χ1n) is 8.06. The van der Waals surface area contributed by atoms with Gasteiger partial charge in [-0.2, -0.15) is 5.10 Å². The summed E-state index contributed by atoms with van der Waals surface area (Å²) in [6.45, 7) is 5.64. The van der Waals surface area contributed by atoms with E-state index in [2.05, 4.69) is 21.9 Å². The number of rotatable bonds is 2. The fourth-order valence-corrected chi connectivity index (χ4v) is 3.06. The van der Waals surface area contributed by atoms with E-state index in [9.17, 15) is 4.79 Å². The maximum absolute atomic E-state index is 12.2. The zero-order chi connectivity index (χ0) is 18.2. The summed E-state index contributed by atoms with van der Waals surface area (Å²) < 4.78 is 1.80. The number of aliphatic imine (C=N–C) groups is 1. The highest BCUT2D eigenvalue weighted by atomic mass is 16.2. The lowest BCUT2D eigenvalue weighted by Crippen LogP contribution is -2.47. The van der Waals surface area contributed by atoms with E-state index in [4.69, 9.17) is 5.73 Å². The van der Waals surface area contributed by atoms with Crippen molar-refractivity contribution in [2.24, 2.45) is 10.7 Å². The molecule has 25 heavy (non-hydrogen) atoms. The lowest BCUT2D eigenvalue weighted by molar-refractivity contribution is -0.128. The van der Waals surface area contributed by atoms with E-state index in [0.717, 1.165) is 22.5 Å². The molecule has 1 aromatic heterocycles. The highest BCUT2D eigenvalue weighted by molar-refractivity contribution is 5.98. The third kappa shape index (κ3) is 3.01.